The van der Waals surface area contributed by atoms with Gasteiger partial charge in [-0.2, -0.15) is 0 Å². The minimum absolute atomic E-state index is 0.269. The molecule has 1 aromatic rings. The van der Waals surface area contributed by atoms with Gasteiger partial charge in [0.15, 0.2) is 0 Å². The zero-order valence-electron chi connectivity index (χ0n) is 11.3. The van der Waals surface area contributed by atoms with Crippen molar-refractivity contribution in [2.24, 2.45) is 5.92 Å². The van der Waals surface area contributed by atoms with Crippen molar-refractivity contribution in [1.29, 1.82) is 0 Å². The fourth-order valence-electron chi connectivity index (χ4n) is 2.68. The van der Waals surface area contributed by atoms with Gasteiger partial charge in [0.05, 0.1) is 6.10 Å². The highest BCUT2D eigenvalue weighted by atomic mass is 16.5. The van der Waals surface area contributed by atoms with Crippen molar-refractivity contribution in [2.75, 3.05) is 7.11 Å². The minimum Gasteiger partial charge on any atom is -0.377 e. The normalized spacial score (nSPS) is 18.5. The van der Waals surface area contributed by atoms with E-state index in [1.165, 1.54) is 31.2 Å². The fraction of sp³-hybridized carbons (Fsp3) is 0.529. The van der Waals surface area contributed by atoms with Gasteiger partial charge < -0.3 is 4.74 Å². The maximum Gasteiger partial charge on any atom is 0.0755 e. The summed E-state index contributed by atoms with van der Waals surface area (Å²) in [4.78, 5) is 0. The molecule has 0 saturated heterocycles. The molecular weight excluding hydrogens is 220 g/mol. The Morgan fingerprint density at radius 2 is 1.94 bits per heavy atom. The SMILES string of the molecule is CO[C@H](/C=C/C1CCCC1)CCc1ccccc1. The molecule has 1 nitrogen and oxygen atoms in total. The van der Waals surface area contributed by atoms with Gasteiger partial charge in [-0.3, -0.25) is 0 Å². The molecular formula is C17H24O. The summed E-state index contributed by atoms with van der Waals surface area (Å²) < 4.78 is 5.55. The van der Waals surface area contributed by atoms with Gasteiger partial charge in [-0.25, -0.2) is 0 Å². The standard InChI is InChI=1S/C17H24O/c1-18-17(14-12-16-9-5-6-10-16)13-11-15-7-3-2-4-8-15/h2-4,7-8,12,14,16-17H,5-6,9-11,13H2,1H3/b14-12+/t17-/m0/s1. The lowest BCUT2D eigenvalue weighted by molar-refractivity contribution is 0.133. The van der Waals surface area contributed by atoms with E-state index >= 15 is 0 Å². The second kappa shape index (κ2) is 7.38. The van der Waals surface area contributed by atoms with E-state index in [0.29, 0.717) is 0 Å². The van der Waals surface area contributed by atoms with Crippen LogP contribution in [0.15, 0.2) is 42.5 Å². The molecule has 0 radical (unpaired) electrons. The Balaban J connectivity index is 1.78. The average Bonchev–Trinajstić information content (AvgIpc) is 2.93. The smallest absolute Gasteiger partial charge is 0.0755 e. The van der Waals surface area contributed by atoms with Crippen LogP contribution < -0.4 is 0 Å². The fourth-order valence-corrected chi connectivity index (χ4v) is 2.68. The largest absolute Gasteiger partial charge is 0.377 e. The van der Waals surface area contributed by atoms with Crippen LogP contribution in [0, 0.1) is 5.92 Å². The van der Waals surface area contributed by atoms with Crippen LogP contribution in [0.4, 0.5) is 0 Å². The molecule has 2 rings (SSSR count). The molecule has 1 aromatic carbocycles. The first-order valence-corrected chi connectivity index (χ1v) is 7.13. The first kappa shape index (κ1) is 13.4. The maximum absolute atomic E-state index is 5.55. The third kappa shape index (κ3) is 4.30. The van der Waals surface area contributed by atoms with E-state index in [1.807, 2.05) is 7.11 Å². The van der Waals surface area contributed by atoms with Crippen molar-refractivity contribution in [1.82, 2.24) is 0 Å². The van der Waals surface area contributed by atoms with Crippen LogP contribution in [0.25, 0.3) is 0 Å². The molecule has 0 amide bonds. The van der Waals surface area contributed by atoms with E-state index in [2.05, 4.69) is 42.5 Å². The molecule has 0 aromatic heterocycles. The summed E-state index contributed by atoms with van der Waals surface area (Å²) in [5, 5.41) is 0. The van der Waals surface area contributed by atoms with E-state index < -0.39 is 0 Å². The molecule has 18 heavy (non-hydrogen) atoms. The summed E-state index contributed by atoms with van der Waals surface area (Å²) >= 11 is 0. The van der Waals surface area contributed by atoms with Crippen molar-refractivity contribution < 1.29 is 4.74 Å². The topological polar surface area (TPSA) is 9.23 Å². The summed E-state index contributed by atoms with van der Waals surface area (Å²) in [6.07, 6.45) is 12.6. The third-order valence-electron chi connectivity index (χ3n) is 3.86. The van der Waals surface area contributed by atoms with Crippen LogP contribution in [0.1, 0.15) is 37.7 Å². The summed E-state index contributed by atoms with van der Waals surface area (Å²) in [5.74, 6) is 0.805. The number of methoxy groups -OCH3 is 1. The lowest BCUT2D eigenvalue weighted by Crippen LogP contribution is -2.08. The number of benzene rings is 1. The number of hydrogen-bond donors (Lipinski definition) is 0. The van der Waals surface area contributed by atoms with Crippen LogP contribution in [0.2, 0.25) is 0 Å². The first-order chi connectivity index (χ1) is 8.88. The van der Waals surface area contributed by atoms with Gasteiger partial charge in [0.25, 0.3) is 0 Å². The van der Waals surface area contributed by atoms with E-state index in [4.69, 9.17) is 4.74 Å². The van der Waals surface area contributed by atoms with E-state index in [0.717, 1.165) is 18.8 Å². The third-order valence-corrected chi connectivity index (χ3v) is 3.86. The molecule has 1 aliphatic carbocycles. The molecule has 1 saturated carbocycles. The zero-order chi connectivity index (χ0) is 12.6. The Morgan fingerprint density at radius 3 is 2.61 bits per heavy atom. The van der Waals surface area contributed by atoms with Crippen molar-refractivity contribution in [3.8, 4) is 0 Å². The van der Waals surface area contributed by atoms with Crippen LogP contribution in [-0.2, 0) is 11.2 Å². The Kier molecular flexibility index (Phi) is 5.47. The molecule has 98 valence electrons. The molecule has 0 aliphatic heterocycles. The van der Waals surface area contributed by atoms with Crippen molar-refractivity contribution in [3.05, 3.63) is 48.0 Å². The number of ether oxygens (including phenoxy) is 1. The van der Waals surface area contributed by atoms with Gasteiger partial charge in [-0.05, 0) is 37.2 Å². The molecule has 0 spiro atoms. The monoisotopic (exact) mass is 244 g/mol. The summed E-state index contributed by atoms with van der Waals surface area (Å²) in [5.41, 5.74) is 1.40. The molecule has 1 heteroatoms. The lowest BCUT2D eigenvalue weighted by atomic mass is 10.0. The summed E-state index contributed by atoms with van der Waals surface area (Å²) in [6.45, 7) is 0. The van der Waals surface area contributed by atoms with Gasteiger partial charge in [-0.1, -0.05) is 55.3 Å². The zero-order valence-corrected chi connectivity index (χ0v) is 11.3. The van der Waals surface area contributed by atoms with Crippen LogP contribution in [-0.4, -0.2) is 13.2 Å². The number of hydrogen-bond acceptors (Lipinski definition) is 1. The Morgan fingerprint density at radius 1 is 1.22 bits per heavy atom. The predicted octanol–water partition coefficient (Wildman–Crippen LogP) is 4.38. The molecule has 1 aliphatic rings. The van der Waals surface area contributed by atoms with Gasteiger partial charge in [-0.15, -0.1) is 0 Å². The van der Waals surface area contributed by atoms with E-state index in [-0.39, 0.29) is 6.10 Å². The van der Waals surface area contributed by atoms with E-state index in [1.54, 1.807) is 0 Å². The molecule has 1 fully saturated rings. The molecule has 1 atom stereocenters. The predicted molar refractivity (Wildman–Crippen MR) is 76.7 cm³/mol. The lowest BCUT2D eigenvalue weighted by Gasteiger charge is -2.12. The average molecular weight is 244 g/mol. The number of aryl methyl sites for hydroxylation is 1. The first-order valence-electron chi connectivity index (χ1n) is 7.13. The van der Waals surface area contributed by atoms with Gasteiger partial charge >= 0.3 is 0 Å². The Labute approximate surface area is 111 Å². The second-order valence-corrected chi connectivity index (χ2v) is 5.23. The molecule has 0 unspecified atom stereocenters. The molecule has 0 heterocycles. The second-order valence-electron chi connectivity index (χ2n) is 5.23. The van der Waals surface area contributed by atoms with E-state index in [9.17, 15) is 0 Å². The van der Waals surface area contributed by atoms with Gasteiger partial charge in [0.1, 0.15) is 0 Å². The Bertz CT molecular complexity index is 349. The quantitative estimate of drug-likeness (QED) is 0.675. The Hall–Kier alpha value is -1.08. The summed E-state index contributed by atoms with van der Waals surface area (Å²) in [6, 6.07) is 10.6. The summed E-state index contributed by atoms with van der Waals surface area (Å²) in [7, 11) is 1.81. The van der Waals surface area contributed by atoms with Gasteiger partial charge in [0.2, 0.25) is 0 Å². The highest BCUT2D eigenvalue weighted by Crippen LogP contribution is 2.26. The number of rotatable bonds is 6. The highest BCUT2D eigenvalue weighted by molar-refractivity contribution is 5.15. The maximum atomic E-state index is 5.55. The number of allylic oxidation sites excluding steroid dienone is 1. The van der Waals surface area contributed by atoms with Crippen molar-refractivity contribution >= 4 is 0 Å². The molecule has 0 bridgehead atoms. The van der Waals surface area contributed by atoms with Crippen LogP contribution in [0.5, 0.6) is 0 Å². The van der Waals surface area contributed by atoms with Crippen LogP contribution >= 0.6 is 0 Å². The highest BCUT2D eigenvalue weighted by Gasteiger charge is 2.12. The van der Waals surface area contributed by atoms with Crippen LogP contribution in [0.3, 0.4) is 0 Å². The van der Waals surface area contributed by atoms with Gasteiger partial charge in [0, 0.05) is 7.11 Å². The minimum atomic E-state index is 0.269. The van der Waals surface area contributed by atoms with Crippen molar-refractivity contribution in [3.63, 3.8) is 0 Å². The molecule has 0 N–H and O–H groups in total. The van der Waals surface area contributed by atoms with Crippen molar-refractivity contribution in [2.45, 2.75) is 44.6 Å².